The lowest BCUT2D eigenvalue weighted by molar-refractivity contribution is -0.137. The lowest BCUT2D eigenvalue weighted by Gasteiger charge is -2.11. The minimum Gasteiger partial charge on any atom is -0.296 e. The molecule has 0 unspecified atom stereocenters. The van der Waals surface area contributed by atoms with Crippen molar-refractivity contribution in [2.45, 2.75) is 13.1 Å². The molecule has 0 saturated heterocycles. The van der Waals surface area contributed by atoms with Crippen LogP contribution in [0.15, 0.2) is 60.8 Å². The summed E-state index contributed by atoms with van der Waals surface area (Å²) in [6.45, 7) is 1.88. The van der Waals surface area contributed by atoms with E-state index >= 15 is 0 Å². The number of para-hydroxylation sites is 1. The number of carbonyl (C=O) groups is 1. The summed E-state index contributed by atoms with van der Waals surface area (Å²) in [6.07, 6.45) is -2.79. The van der Waals surface area contributed by atoms with E-state index in [-0.39, 0.29) is 5.69 Å². The Hall–Kier alpha value is -3.26. The minimum absolute atomic E-state index is 0.157. The zero-order valence-corrected chi connectivity index (χ0v) is 15.9. The molecule has 0 atom stereocenters. The molecule has 146 valence electrons. The number of nitrogens with one attached hydrogen (secondary N) is 1. The molecule has 8 heteroatoms. The second kappa shape index (κ2) is 7.29. The highest BCUT2D eigenvalue weighted by atomic mass is 32.1. The van der Waals surface area contributed by atoms with Crippen LogP contribution in [0.2, 0.25) is 0 Å². The number of nitrogens with zero attached hydrogens (tertiary/aromatic N) is 2. The molecular formula is C21H14F3N3OS. The number of hydrogen-bond acceptors (Lipinski definition) is 4. The van der Waals surface area contributed by atoms with Crippen LogP contribution in [0.4, 0.5) is 18.3 Å². The average Bonchev–Trinajstić information content (AvgIpc) is 3.11. The number of carbonyl (C=O) groups excluding carboxylic acids is 1. The number of alkyl halides is 3. The Bertz CT molecular complexity index is 1220. The lowest BCUT2D eigenvalue weighted by atomic mass is 9.99. The molecule has 0 bridgehead atoms. The van der Waals surface area contributed by atoms with Gasteiger partial charge < -0.3 is 0 Å². The molecule has 0 aliphatic heterocycles. The summed E-state index contributed by atoms with van der Waals surface area (Å²) in [5, 5.41) is 3.87. The molecule has 0 aliphatic carbocycles. The molecule has 4 aromatic rings. The van der Waals surface area contributed by atoms with Gasteiger partial charge in [0, 0.05) is 22.0 Å². The number of aromatic nitrogens is 2. The van der Waals surface area contributed by atoms with Gasteiger partial charge in [-0.25, -0.2) is 9.97 Å². The maximum Gasteiger partial charge on any atom is 0.416 e. The van der Waals surface area contributed by atoms with Crippen molar-refractivity contribution in [1.29, 1.82) is 0 Å². The average molecular weight is 413 g/mol. The van der Waals surface area contributed by atoms with Gasteiger partial charge in [-0.2, -0.15) is 13.2 Å². The van der Waals surface area contributed by atoms with Crippen molar-refractivity contribution < 1.29 is 18.0 Å². The Balaban J connectivity index is 1.76. The Kier molecular flexibility index (Phi) is 4.79. The fraction of sp³-hybridized carbons (Fsp3) is 0.0952. The summed E-state index contributed by atoms with van der Waals surface area (Å²) in [4.78, 5) is 22.0. The maximum absolute atomic E-state index is 13.1. The number of rotatable bonds is 3. The molecule has 29 heavy (non-hydrogen) atoms. The third kappa shape index (κ3) is 3.97. The highest BCUT2D eigenvalue weighted by Gasteiger charge is 2.30. The van der Waals surface area contributed by atoms with E-state index in [0.717, 1.165) is 22.4 Å². The number of aryl methyl sites for hydroxylation is 1. The molecule has 0 radical (unpaired) electrons. The number of halogens is 3. The molecule has 0 fully saturated rings. The summed E-state index contributed by atoms with van der Waals surface area (Å²) in [5.41, 5.74) is 0.777. The molecule has 0 spiro atoms. The van der Waals surface area contributed by atoms with Gasteiger partial charge in [-0.3, -0.25) is 10.1 Å². The first-order valence-electron chi connectivity index (χ1n) is 8.62. The highest BCUT2D eigenvalue weighted by molar-refractivity contribution is 7.15. The monoisotopic (exact) mass is 413 g/mol. The molecule has 1 amide bonds. The van der Waals surface area contributed by atoms with Crippen molar-refractivity contribution in [3.63, 3.8) is 0 Å². The summed E-state index contributed by atoms with van der Waals surface area (Å²) < 4.78 is 39.3. The summed E-state index contributed by atoms with van der Waals surface area (Å²) in [7, 11) is 0. The molecular weight excluding hydrogens is 399 g/mol. The fourth-order valence-corrected chi connectivity index (χ4v) is 3.60. The molecule has 4 rings (SSSR count). The van der Waals surface area contributed by atoms with Crippen LogP contribution in [-0.4, -0.2) is 15.9 Å². The predicted octanol–water partition coefficient (Wildman–Crippen LogP) is 5.94. The zero-order valence-electron chi connectivity index (χ0n) is 15.1. The number of hydrogen-bond donors (Lipinski definition) is 1. The molecule has 0 saturated carbocycles. The van der Waals surface area contributed by atoms with Gasteiger partial charge in [0.2, 0.25) is 0 Å². The van der Waals surface area contributed by atoms with E-state index < -0.39 is 17.6 Å². The predicted molar refractivity (Wildman–Crippen MR) is 107 cm³/mol. The van der Waals surface area contributed by atoms with Crippen molar-refractivity contribution in [1.82, 2.24) is 9.97 Å². The number of anilines is 1. The third-order valence-corrected chi connectivity index (χ3v) is 5.12. The molecule has 0 aliphatic rings. The minimum atomic E-state index is -4.44. The molecule has 2 heterocycles. The van der Waals surface area contributed by atoms with Gasteiger partial charge in [0.05, 0.1) is 11.1 Å². The van der Waals surface area contributed by atoms with E-state index in [1.165, 1.54) is 17.4 Å². The van der Waals surface area contributed by atoms with Crippen molar-refractivity contribution in [2.24, 2.45) is 0 Å². The summed E-state index contributed by atoms with van der Waals surface area (Å²) >= 11 is 1.34. The van der Waals surface area contributed by atoms with E-state index in [9.17, 15) is 18.0 Å². The van der Waals surface area contributed by atoms with Crippen LogP contribution in [0.25, 0.3) is 22.0 Å². The molecule has 4 nitrogen and oxygen atoms in total. The lowest BCUT2D eigenvalue weighted by Crippen LogP contribution is -2.13. The van der Waals surface area contributed by atoms with E-state index in [4.69, 9.17) is 0 Å². The second-order valence-corrected chi connectivity index (χ2v) is 7.62. The van der Waals surface area contributed by atoms with E-state index in [2.05, 4.69) is 15.3 Å². The molecule has 2 aromatic heterocycles. The van der Waals surface area contributed by atoms with Crippen LogP contribution in [0.3, 0.4) is 0 Å². The number of amides is 1. The standard InChI is InChI=1S/C21H14F3N3OS/c1-12-11-25-20(29-12)27-19(28)17-9-8-13-4-3-7-16(18(13)26-17)14-5-2-6-15(10-14)21(22,23)24/h2-11H,1H3,(H,25,27,28). The van der Waals surface area contributed by atoms with E-state index in [0.29, 0.717) is 21.8 Å². The highest BCUT2D eigenvalue weighted by Crippen LogP contribution is 2.34. The third-order valence-electron chi connectivity index (χ3n) is 4.30. The number of thiazole rings is 1. The first-order chi connectivity index (χ1) is 13.8. The van der Waals surface area contributed by atoms with Gasteiger partial charge in [-0.05, 0) is 30.7 Å². The summed E-state index contributed by atoms with van der Waals surface area (Å²) in [6, 6.07) is 13.6. The topological polar surface area (TPSA) is 54.9 Å². The summed E-state index contributed by atoms with van der Waals surface area (Å²) in [5.74, 6) is -0.430. The second-order valence-electron chi connectivity index (χ2n) is 6.38. The van der Waals surface area contributed by atoms with Gasteiger partial charge >= 0.3 is 6.18 Å². The van der Waals surface area contributed by atoms with Crippen molar-refractivity contribution >= 4 is 33.3 Å². The van der Waals surface area contributed by atoms with Crippen molar-refractivity contribution in [2.75, 3.05) is 5.32 Å². The Morgan fingerprint density at radius 3 is 2.59 bits per heavy atom. The first kappa shape index (κ1) is 19.1. The van der Waals surface area contributed by atoms with Crippen molar-refractivity contribution in [3.05, 3.63) is 76.9 Å². The smallest absolute Gasteiger partial charge is 0.296 e. The quantitative estimate of drug-likeness (QED) is 0.452. The first-order valence-corrected chi connectivity index (χ1v) is 9.44. The van der Waals surface area contributed by atoms with E-state index in [1.54, 1.807) is 42.6 Å². The van der Waals surface area contributed by atoms with Crippen LogP contribution < -0.4 is 5.32 Å². The van der Waals surface area contributed by atoms with E-state index in [1.807, 2.05) is 6.92 Å². The maximum atomic E-state index is 13.1. The van der Waals surface area contributed by atoms with Crippen LogP contribution in [0, 0.1) is 6.92 Å². The SMILES string of the molecule is Cc1cnc(NC(=O)c2ccc3cccc(-c4cccc(C(F)(F)F)c4)c3n2)s1. The van der Waals surface area contributed by atoms with Gasteiger partial charge in [-0.1, -0.05) is 36.4 Å². The Morgan fingerprint density at radius 1 is 1.07 bits per heavy atom. The Labute approximate surface area is 168 Å². The number of fused-ring (bicyclic) bond motifs is 1. The van der Waals surface area contributed by atoms with Crippen LogP contribution >= 0.6 is 11.3 Å². The largest absolute Gasteiger partial charge is 0.416 e. The number of pyridine rings is 1. The normalized spacial score (nSPS) is 11.6. The van der Waals surface area contributed by atoms with Crippen LogP contribution in [-0.2, 0) is 6.18 Å². The van der Waals surface area contributed by atoms with Gasteiger partial charge in [0.15, 0.2) is 5.13 Å². The van der Waals surface area contributed by atoms with Gasteiger partial charge in [-0.15, -0.1) is 11.3 Å². The number of benzene rings is 2. The molecule has 2 aromatic carbocycles. The van der Waals surface area contributed by atoms with Crippen LogP contribution in [0.5, 0.6) is 0 Å². The van der Waals surface area contributed by atoms with Crippen molar-refractivity contribution in [3.8, 4) is 11.1 Å². The van der Waals surface area contributed by atoms with Gasteiger partial charge in [0.1, 0.15) is 5.69 Å². The fourth-order valence-electron chi connectivity index (χ4n) is 2.94. The molecule has 1 N–H and O–H groups in total. The van der Waals surface area contributed by atoms with Crippen LogP contribution in [0.1, 0.15) is 20.9 Å². The Morgan fingerprint density at radius 2 is 1.86 bits per heavy atom. The van der Waals surface area contributed by atoms with Gasteiger partial charge in [0.25, 0.3) is 5.91 Å². The zero-order chi connectivity index (χ0) is 20.6.